The number of carbonyl (C=O) groups is 3. The molecule has 11 atom stereocenters. The van der Waals surface area contributed by atoms with Crippen molar-refractivity contribution in [2.75, 3.05) is 13.2 Å². The molecule has 6 rings (SSSR count). The lowest BCUT2D eigenvalue weighted by Gasteiger charge is -2.62. The molecule has 3 unspecified atom stereocenters. The number of hydrogen-bond donors (Lipinski definition) is 5. The summed E-state index contributed by atoms with van der Waals surface area (Å²) in [7, 11) is -10.6. The van der Waals surface area contributed by atoms with Crippen molar-refractivity contribution in [3.63, 3.8) is 0 Å². The van der Waals surface area contributed by atoms with Crippen LogP contribution in [0.15, 0.2) is 23.8 Å². The van der Waals surface area contributed by atoms with Gasteiger partial charge in [-0.1, -0.05) is 37.8 Å². The van der Waals surface area contributed by atoms with Crippen LogP contribution in [0.2, 0.25) is 0 Å². The number of halogens is 1. The molecular weight excluding hydrogens is 759 g/mol. The summed E-state index contributed by atoms with van der Waals surface area (Å²) in [5.41, 5.74) is -6.47. The van der Waals surface area contributed by atoms with E-state index in [1.807, 2.05) is 0 Å². The van der Waals surface area contributed by atoms with Gasteiger partial charge in [-0.15, -0.1) is 5.92 Å². The number of phosphoric acid groups is 2. The first-order valence-corrected chi connectivity index (χ1v) is 22.4. The van der Waals surface area contributed by atoms with Crippen LogP contribution in [0.5, 0.6) is 0 Å². The minimum atomic E-state index is -5.42. The van der Waals surface area contributed by atoms with Gasteiger partial charge in [-0.3, -0.25) is 23.4 Å². The summed E-state index contributed by atoms with van der Waals surface area (Å²) in [6, 6.07) is -0.237. The lowest BCUT2D eigenvalue weighted by Crippen LogP contribution is -2.69. The highest BCUT2D eigenvalue weighted by Gasteiger charge is 2.75. The van der Waals surface area contributed by atoms with Gasteiger partial charge < -0.3 is 30.1 Å². The number of allylic oxidation sites excluding steroid dienone is 4. The van der Waals surface area contributed by atoms with Gasteiger partial charge in [-0.25, -0.2) is 13.5 Å². The summed E-state index contributed by atoms with van der Waals surface area (Å²) in [6.45, 7) is 3.54. The predicted molar refractivity (Wildman–Crippen MR) is 195 cm³/mol. The third kappa shape index (κ3) is 8.16. The van der Waals surface area contributed by atoms with Crippen molar-refractivity contribution in [3.05, 3.63) is 23.8 Å². The fraction of sp³-hybridized carbons (Fsp3) is 0.763. The van der Waals surface area contributed by atoms with Crippen LogP contribution in [-0.4, -0.2) is 86.3 Å². The van der Waals surface area contributed by atoms with Crippen LogP contribution in [-0.2, 0) is 41.6 Å². The number of nitrogens with one attached hydrogen (secondary N) is 1. The Hall–Kier alpha value is -2.08. The van der Waals surface area contributed by atoms with Gasteiger partial charge in [0.15, 0.2) is 17.2 Å². The number of alkyl halides is 1. The Morgan fingerprint density at radius 2 is 1.75 bits per heavy atom. The summed E-state index contributed by atoms with van der Waals surface area (Å²) in [4.78, 5) is 59.1. The van der Waals surface area contributed by atoms with E-state index in [0.29, 0.717) is 24.8 Å². The first kappa shape index (κ1) is 42.5. The normalized spacial score (nSPS) is 42.1. The number of rotatable bonds is 12. The zero-order chi connectivity index (χ0) is 40.0. The number of fused-ring (bicyclic) bond motifs is 5. The molecule has 0 spiro atoms. The summed E-state index contributed by atoms with van der Waals surface area (Å²) in [5.74, 6) is 2.39. The van der Waals surface area contributed by atoms with E-state index in [9.17, 15) is 43.5 Å². The zero-order valence-electron chi connectivity index (χ0n) is 31.6. The molecule has 4 fully saturated rings. The molecule has 6 aliphatic carbocycles. The average Bonchev–Trinajstić information content (AvgIpc) is 3.29. The van der Waals surface area contributed by atoms with Crippen LogP contribution in [0, 0.1) is 40.4 Å². The molecule has 55 heavy (non-hydrogen) atoms. The third-order valence-corrected chi connectivity index (χ3v) is 16.2. The van der Waals surface area contributed by atoms with Gasteiger partial charge in [0, 0.05) is 29.2 Å². The number of aliphatic hydroxyl groups is 2. The molecule has 306 valence electrons. The molecule has 0 aromatic rings. The van der Waals surface area contributed by atoms with Gasteiger partial charge in [0.05, 0.1) is 12.2 Å². The molecule has 0 aromatic carbocycles. The largest absolute Gasteiger partial charge is 0.481 e. The standard InChI is InChI=1S/C38H54FNO13P2/c1-24-19-31-30-16-11-25-20-27(41)17-18-35(25,2)37(30,39)32(42)21-36(31,3)38(24,45)33(43)22-51-54(46,47)53-55(48,49)52-29-14-12-26(13-15-29)40-34(44)23-50-28-9-7-5-4-6-8-10-28/h17-18,20,24,26,28-32,42,45H,4-7,9,11-16,19,21-23H2,1-3H3,(H,40,44)(H,46,47)(H,48,49)/t24-,26?,28?,29?,30+,31+,32+,35+,36+,37+,38+/m1/s1. The Labute approximate surface area is 321 Å². The van der Waals surface area contributed by atoms with Crippen molar-refractivity contribution in [3.8, 4) is 11.8 Å². The molecule has 14 nitrogen and oxygen atoms in total. The third-order valence-electron chi connectivity index (χ3n) is 13.5. The lowest BCUT2D eigenvalue weighted by molar-refractivity contribution is -0.219. The van der Waals surface area contributed by atoms with E-state index in [2.05, 4.69) is 21.5 Å². The predicted octanol–water partition coefficient (Wildman–Crippen LogP) is 4.93. The minimum absolute atomic E-state index is 0.138. The molecule has 0 radical (unpaired) electrons. The number of aliphatic hydroxyl groups excluding tert-OH is 1. The minimum Gasteiger partial charge on any atom is -0.390 e. The van der Waals surface area contributed by atoms with Crippen LogP contribution in [0.1, 0.15) is 104 Å². The van der Waals surface area contributed by atoms with Crippen LogP contribution < -0.4 is 5.32 Å². The van der Waals surface area contributed by atoms with Gasteiger partial charge >= 0.3 is 15.6 Å². The maximum atomic E-state index is 17.4. The van der Waals surface area contributed by atoms with Crippen molar-refractivity contribution < 1.29 is 66.0 Å². The maximum absolute atomic E-state index is 17.4. The van der Waals surface area contributed by atoms with Gasteiger partial charge in [-0.2, -0.15) is 4.31 Å². The highest BCUT2D eigenvalue weighted by Crippen LogP contribution is 2.71. The Balaban J connectivity index is 1.01. The summed E-state index contributed by atoms with van der Waals surface area (Å²) in [5, 5.41) is 26.5. The van der Waals surface area contributed by atoms with Crippen molar-refractivity contribution in [1.82, 2.24) is 5.32 Å². The van der Waals surface area contributed by atoms with E-state index in [1.54, 1.807) is 20.8 Å². The van der Waals surface area contributed by atoms with Gasteiger partial charge in [0.25, 0.3) is 0 Å². The number of ketones is 2. The van der Waals surface area contributed by atoms with Crippen LogP contribution in [0.4, 0.5) is 4.39 Å². The fourth-order valence-corrected chi connectivity index (χ4v) is 12.9. The molecule has 0 aliphatic heterocycles. The first-order valence-electron chi connectivity index (χ1n) is 19.4. The fourth-order valence-electron chi connectivity index (χ4n) is 10.6. The zero-order valence-corrected chi connectivity index (χ0v) is 33.4. The summed E-state index contributed by atoms with van der Waals surface area (Å²) < 4.78 is 63.4. The quantitative estimate of drug-likeness (QED) is 0.131. The van der Waals surface area contributed by atoms with E-state index in [4.69, 9.17) is 13.8 Å². The SMILES string of the molecule is C[C@@H]1C[C@H]2[C@@H]3CCC4=CC(=O)C=C[C@]4(C)[C@@]3(F)[C@@H](O)C[C@]2(C)[C@@]1(O)C(=O)COP(=O)(O)OP(=O)(O)OC1CCC(NC(=O)COC2C#CCCCCC2)CC1. The van der Waals surface area contributed by atoms with Gasteiger partial charge in [-0.05, 0) is 102 Å². The molecule has 0 bridgehead atoms. The Morgan fingerprint density at radius 1 is 1.02 bits per heavy atom. The van der Waals surface area contributed by atoms with Crippen molar-refractivity contribution in [2.45, 2.75) is 140 Å². The van der Waals surface area contributed by atoms with E-state index in [-0.39, 0.29) is 62.5 Å². The number of hydrogen-bond acceptors (Lipinski definition) is 11. The smallest absolute Gasteiger partial charge is 0.390 e. The maximum Gasteiger partial charge on any atom is 0.481 e. The second kappa shape index (κ2) is 15.9. The molecule has 4 saturated carbocycles. The van der Waals surface area contributed by atoms with Crippen LogP contribution in [0.25, 0.3) is 0 Å². The number of Topliss-reactive ketones (excluding diaryl/α,β-unsaturated/α-hetero) is 1. The highest BCUT2D eigenvalue weighted by atomic mass is 31.3. The van der Waals surface area contributed by atoms with E-state index < -0.39 is 80.1 Å². The molecule has 0 saturated heterocycles. The molecule has 17 heteroatoms. The molecule has 5 N–H and O–H groups in total. The second-order valence-electron chi connectivity index (χ2n) is 16.7. The topological polar surface area (TPSA) is 215 Å². The second-order valence-corrected chi connectivity index (χ2v) is 19.7. The summed E-state index contributed by atoms with van der Waals surface area (Å²) >= 11 is 0. The van der Waals surface area contributed by atoms with Crippen LogP contribution >= 0.6 is 15.6 Å². The van der Waals surface area contributed by atoms with Gasteiger partial charge in [0.1, 0.15) is 24.9 Å². The van der Waals surface area contributed by atoms with Crippen molar-refractivity contribution in [2.24, 2.45) is 28.6 Å². The summed E-state index contributed by atoms with van der Waals surface area (Å²) in [6.07, 6.45) is 7.98. The van der Waals surface area contributed by atoms with E-state index >= 15 is 4.39 Å². The number of carbonyl (C=O) groups excluding carboxylic acids is 3. The van der Waals surface area contributed by atoms with E-state index in [1.165, 1.54) is 18.2 Å². The monoisotopic (exact) mass is 813 g/mol. The van der Waals surface area contributed by atoms with E-state index in [0.717, 1.165) is 32.1 Å². The highest BCUT2D eigenvalue weighted by molar-refractivity contribution is 7.61. The molecule has 0 heterocycles. The average molecular weight is 814 g/mol. The molecule has 0 aromatic heterocycles. The van der Waals surface area contributed by atoms with Crippen LogP contribution in [0.3, 0.4) is 0 Å². The molecule has 6 aliphatic rings. The van der Waals surface area contributed by atoms with Crippen molar-refractivity contribution >= 4 is 33.1 Å². The molecular formula is C38H54FNO13P2. The van der Waals surface area contributed by atoms with Gasteiger partial charge in [0.2, 0.25) is 5.91 Å². The number of amides is 1. The first-order chi connectivity index (χ1) is 25.7. The lowest BCUT2D eigenvalue weighted by atomic mass is 9.44. The molecule has 1 amide bonds. The Morgan fingerprint density at radius 3 is 2.47 bits per heavy atom. The number of phosphoric ester groups is 2. The van der Waals surface area contributed by atoms with Crippen molar-refractivity contribution in [1.29, 1.82) is 0 Å². The Bertz CT molecular complexity index is 1750. The Kier molecular flexibility index (Phi) is 12.3. The number of ether oxygens (including phenoxy) is 1.